The monoisotopic (exact) mass is 580 g/mol. The van der Waals surface area contributed by atoms with Crippen LogP contribution in [0, 0.1) is 17.6 Å². The van der Waals surface area contributed by atoms with Gasteiger partial charge in [-0.1, -0.05) is 0 Å². The van der Waals surface area contributed by atoms with E-state index in [0.717, 1.165) is 18.2 Å². The number of nitrogens with zero attached hydrogens (tertiary/aromatic N) is 1. The number of phenolic OH excluding ortho intramolecular Hbond substituents is 1. The number of anilines is 2. The van der Waals surface area contributed by atoms with Crippen molar-refractivity contribution in [3.05, 3.63) is 52.6 Å². The van der Waals surface area contributed by atoms with Crippen LogP contribution in [0.15, 0.2) is 24.3 Å². The summed E-state index contributed by atoms with van der Waals surface area (Å²) in [5, 5.41) is 65.3. The summed E-state index contributed by atoms with van der Waals surface area (Å²) in [5.74, 6) is -6.89. The van der Waals surface area contributed by atoms with Gasteiger partial charge in [0, 0.05) is 64.7 Å². The summed E-state index contributed by atoms with van der Waals surface area (Å²) in [4.78, 5) is 38.6. The molecule has 0 heterocycles. The quantitative estimate of drug-likeness (QED) is 0.134. The molecular formula is C28H34F2N2O9. The second kappa shape index (κ2) is 12.5. The van der Waals surface area contributed by atoms with Gasteiger partial charge in [0.25, 0.3) is 0 Å². The number of rotatable bonds is 13. The molecule has 0 bridgehead atoms. The Morgan fingerprint density at radius 2 is 1.76 bits per heavy atom. The number of nitrogens with one attached hydrogen (secondary N) is 1. The highest BCUT2D eigenvalue weighted by molar-refractivity contribution is 6.05. The molecule has 1 aliphatic rings. The average molecular weight is 581 g/mol. The van der Waals surface area contributed by atoms with Crippen molar-refractivity contribution >= 4 is 28.9 Å². The van der Waals surface area contributed by atoms with Crippen LogP contribution in [0.3, 0.4) is 0 Å². The fourth-order valence-electron chi connectivity index (χ4n) is 5.52. The van der Waals surface area contributed by atoms with Crippen molar-refractivity contribution in [2.45, 2.75) is 49.9 Å². The van der Waals surface area contributed by atoms with Crippen LogP contribution in [0.2, 0.25) is 0 Å². The molecule has 0 saturated carbocycles. The van der Waals surface area contributed by atoms with Crippen molar-refractivity contribution in [2.24, 2.45) is 5.92 Å². The smallest absolute Gasteiger partial charge is 0.310 e. The Bertz CT molecular complexity index is 1320. The van der Waals surface area contributed by atoms with Crippen molar-refractivity contribution in [1.82, 2.24) is 0 Å². The first-order valence-electron chi connectivity index (χ1n) is 12.8. The summed E-state index contributed by atoms with van der Waals surface area (Å²) >= 11 is 0. The van der Waals surface area contributed by atoms with Gasteiger partial charge >= 0.3 is 5.97 Å². The standard InChI is InChI=1S/C28H34F2N2O9/c1-32(2)21-8-20(31-12-15-5-16(29)7-17(30)6-15)26(39)25-18(21)10-27(40,11-23(25)36)14-28(41,3-4-33)19(13-34)22(35)9-24(37)38/h5-8,19,31,33-34,39-41H,3-4,9-14H2,1-2H3,(H,37,38). The molecule has 0 aromatic heterocycles. The molecule has 7 N–H and O–H groups in total. The van der Waals surface area contributed by atoms with Crippen LogP contribution in [-0.4, -0.2) is 86.7 Å². The number of Topliss-reactive ketones (excluding diaryl/α,β-unsaturated/α-hetero) is 2. The average Bonchev–Trinajstić information content (AvgIpc) is 2.82. The molecule has 3 atom stereocenters. The molecule has 0 spiro atoms. The predicted molar refractivity (Wildman–Crippen MR) is 143 cm³/mol. The van der Waals surface area contributed by atoms with Crippen LogP contribution < -0.4 is 10.2 Å². The van der Waals surface area contributed by atoms with Crippen molar-refractivity contribution in [2.75, 3.05) is 37.5 Å². The number of fused-ring (bicyclic) bond motifs is 1. The highest BCUT2D eigenvalue weighted by Gasteiger charge is 2.50. The Hall–Kier alpha value is -3.65. The van der Waals surface area contributed by atoms with E-state index in [4.69, 9.17) is 5.11 Å². The zero-order valence-corrected chi connectivity index (χ0v) is 22.7. The predicted octanol–water partition coefficient (Wildman–Crippen LogP) is 1.36. The molecule has 11 nitrogen and oxygen atoms in total. The van der Waals surface area contributed by atoms with E-state index in [1.807, 2.05) is 0 Å². The van der Waals surface area contributed by atoms with E-state index in [-0.39, 0.29) is 35.3 Å². The normalized spacial score (nSPS) is 18.8. The fraction of sp³-hybridized carbons (Fsp3) is 0.464. The third kappa shape index (κ3) is 7.17. The van der Waals surface area contributed by atoms with Gasteiger partial charge in [0.15, 0.2) is 11.6 Å². The number of carbonyl (C=O) groups excluding carboxylic acids is 2. The van der Waals surface area contributed by atoms with Crippen molar-refractivity contribution < 1.29 is 53.8 Å². The third-order valence-electron chi connectivity index (χ3n) is 7.27. The van der Waals surface area contributed by atoms with Crippen LogP contribution in [0.5, 0.6) is 5.75 Å². The number of aliphatic carboxylic acids is 1. The number of ketones is 2. The number of benzene rings is 2. The van der Waals surface area contributed by atoms with E-state index in [2.05, 4.69) is 5.32 Å². The number of aromatic hydroxyl groups is 1. The van der Waals surface area contributed by atoms with Crippen LogP contribution >= 0.6 is 0 Å². The Labute approximate surface area is 234 Å². The SMILES string of the molecule is CN(C)c1cc(NCc2cc(F)cc(F)c2)c(O)c2c1CC(O)(CC(O)(CCO)C(CO)C(=O)CC(=O)O)CC2=O. The summed E-state index contributed by atoms with van der Waals surface area (Å²) in [6.07, 6.45) is -3.07. The number of carboxylic acid groups (broad SMARTS) is 1. The molecule has 3 unspecified atom stereocenters. The van der Waals surface area contributed by atoms with E-state index in [1.54, 1.807) is 19.0 Å². The van der Waals surface area contributed by atoms with Gasteiger partial charge < -0.3 is 40.9 Å². The zero-order chi connectivity index (χ0) is 30.7. The van der Waals surface area contributed by atoms with Crippen molar-refractivity contribution in [3.8, 4) is 5.75 Å². The second-order valence-electron chi connectivity index (χ2n) is 10.7. The fourth-order valence-corrected chi connectivity index (χ4v) is 5.52. The van der Waals surface area contributed by atoms with E-state index >= 15 is 0 Å². The highest BCUT2D eigenvalue weighted by atomic mass is 19.1. The van der Waals surface area contributed by atoms with Gasteiger partial charge in [0.1, 0.15) is 23.8 Å². The summed E-state index contributed by atoms with van der Waals surface area (Å²) < 4.78 is 27.2. The number of hydrogen-bond acceptors (Lipinski definition) is 10. The maximum atomic E-state index is 13.6. The lowest BCUT2D eigenvalue weighted by molar-refractivity contribution is -0.151. The second-order valence-corrected chi connectivity index (χ2v) is 10.7. The maximum absolute atomic E-state index is 13.6. The highest BCUT2D eigenvalue weighted by Crippen LogP contribution is 2.46. The summed E-state index contributed by atoms with van der Waals surface area (Å²) in [5.41, 5.74) is -3.43. The number of phenols is 1. The van der Waals surface area contributed by atoms with Crippen LogP contribution in [0.1, 0.15) is 47.2 Å². The Kier molecular flexibility index (Phi) is 9.70. The number of carbonyl (C=O) groups is 3. The van der Waals surface area contributed by atoms with Gasteiger partial charge in [0.2, 0.25) is 0 Å². The molecule has 3 rings (SSSR count). The van der Waals surface area contributed by atoms with Gasteiger partial charge in [0.05, 0.1) is 35.0 Å². The van der Waals surface area contributed by atoms with E-state index in [0.29, 0.717) is 5.69 Å². The van der Waals surface area contributed by atoms with Crippen LogP contribution in [-0.2, 0) is 22.6 Å². The lowest BCUT2D eigenvalue weighted by Crippen LogP contribution is -2.53. The number of aliphatic hydroxyl groups excluding tert-OH is 2. The van der Waals surface area contributed by atoms with Crippen molar-refractivity contribution in [3.63, 3.8) is 0 Å². The molecule has 0 saturated heterocycles. The minimum Gasteiger partial charge on any atom is -0.505 e. The van der Waals surface area contributed by atoms with Crippen molar-refractivity contribution in [1.29, 1.82) is 0 Å². The first-order chi connectivity index (χ1) is 19.1. The largest absolute Gasteiger partial charge is 0.505 e. The first-order valence-corrected chi connectivity index (χ1v) is 12.8. The molecule has 224 valence electrons. The molecule has 0 fully saturated rings. The number of aliphatic hydroxyl groups is 4. The molecule has 0 aliphatic heterocycles. The van der Waals surface area contributed by atoms with Gasteiger partial charge in [-0.15, -0.1) is 0 Å². The van der Waals surface area contributed by atoms with E-state index < -0.39 is 90.9 Å². The minimum atomic E-state index is -2.26. The molecule has 0 amide bonds. The lowest BCUT2D eigenvalue weighted by atomic mass is 9.68. The Morgan fingerprint density at radius 3 is 2.29 bits per heavy atom. The molecule has 13 heteroatoms. The lowest BCUT2D eigenvalue weighted by Gasteiger charge is -2.43. The number of halogens is 2. The van der Waals surface area contributed by atoms with E-state index in [9.17, 15) is 48.7 Å². The topological polar surface area (TPSA) is 188 Å². The molecule has 41 heavy (non-hydrogen) atoms. The van der Waals surface area contributed by atoms with Gasteiger partial charge in [-0.3, -0.25) is 14.4 Å². The Morgan fingerprint density at radius 1 is 1.12 bits per heavy atom. The maximum Gasteiger partial charge on any atom is 0.310 e. The van der Waals surface area contributed by atoms with E-state index in [1.165, 1.54) is 6.07 Å². The number of hydrogen-bond donors (Lipinski definition) is 7. The summed E-state index contributed by atoms with van der Waals surface area (Å²) in [6.45, 7) is -1.72. The minimum absolute atomic E-state index is 0.0901. The zero-order valence-electron chi connectivity index (χ0n) is 22.7. The van der Waals surface area contributed by atoms with Gasteiger partial charge in [-0.05, 0) is 29.3 Å². The molecule has 2 aromatic rings. The van der Waals surface area contributed by atoms with Gasteiger partial charge in [-0.2, -0.15) is 0 Å². The molecule has 1 aliphatic carbocycles. The molecular weight excluding hydrogens is 546 g/mol. The molecule has 2 aromatic carbocycles. The van der Waals surface area contributed by atoms with Crippen LogP contribution in [0.4, 0.5) is 20.2 Å². The molecule has 0 radical (unpaired) electrons. The Balaban J connectivity index is 1.99. The van der Waals surface area contributed by atoms with Gasteiger partial charge in [-0.25, -0.2) is 8.78 Å². The summed E-state index contributed by atoms with van der Waals surface area (Å²) in [6, 6.07) is 4.42. The number of carboxylic acids is 1. The summed E-state index contributed by atoms with van der Waals surface area (Å²) in [7, 11) is 3.29. The van der Waals surface area contributed by atoms with Crippen LogP contribution in [0.25, 0.3) is 0 Å². The first kappa shape index (κ1) is 31.9. The third-order valence-corrected chi connectivity index (χ3v) is 7.27.